The summed E-state index contributed by atoms with van der Waals surface area (Å²) in [5.41, 5.74) is 1.97. The second kappa shape index (κ2) is 9.99. The number of allylic oxidation sites excluding steroid dienone is 1. The van der Waals surface area contributed by atoms with Gasteiger partial charge in [0, 0.05) is 17.6 Å². The highest BCUT2D eigenvalue weighted by atomic mass is 16.5. The molecule has 0 aromatic heterocycles. The highest BCUT2D eigenvalue weighted by Gasteiger charge is 2.02. The van der Waals surface area contributed by atoms with Gasteiger partial charge in [0.2, 0.25) is 0 Å². The molecule has 0 N–H and O–H groups in total. The first-order valence-corrected chi connectivity index (χ1v) is 8.39. The predicted molar refractivity (Wildman–Crippen MR) is 102 cm³/mol. The SMILES string of the molecule is C=C(C)C(=O)OCCCOc1ccc(/C=C/C(=O)c2ccccc2)cc1. The van der Waals surface area contributed by atoms with Gasteiger partial charge in [-0.2, -0.15) is 0 Å². The zero-order chi connectivity index (χ0) is 18.8. The molecular formula is C22H22O4. The van der Waals surface area contributed by atoms with Crippen molar-refractivity contribution >= 4 is 17.8 Å². The number of rotatable bonds is 9. The van der Waals surface area contributed by atoms with E-state index in [-0.39, 0.29) is 11.8 Å². The number of carbonyl (C=O) groups excluding carboxylic acids is 2. The van der Waals surface area contributed by atoms with E-state index in [9.17, 15) is 9.59 Å². The second-order valence-electron chi connectivity index (χ2n) is 5.75. The third-order valence-corrected chi connectivity index (χ3v) is 3.50. The lowest BCUT2D eigenvalue weighted by Crippen LogP contribution is -2.09. The molecule has 134 valence electrons. The Balaban J connectivity index is 1.76. The Morgan fingerprint density at radius 1 is 1.00 bits per heavy atom. The van der Waals surface area contributed by atoms with Gasteiger partial charge in [-0.15, -0.1) is 0 Å². The van der Waals surface area contributed by atoms with Gasteiger partial charge in [0.25, 0.3) is 0 Å². The van der Waals surface area contributed by atoms with Gasteiger partial charge in [-0.05, 0) is 30.7 Å². The first-order chi connectivity index (χ1) is 12.6. The van der Waals surface area contributed by atoms with Crippen molar-refractivity contribution < 1.29 is 19.1 Å². The van der Waals surface area contributed by atoms with Gasteiger partial charge in [-0.3, -0.25) is 4.79 Å². The highest BCUT2D eigenvalue weighted by Crippen LogP contribution is 2.14. The van der Waals surface area contributed by atoms with Crippen molar-refractivity contribution in [2.45, 2.75) is 13.3 Å². The maximum atomic E-state index is 12.0. The fourth-order valence-corrected chi connectivity index (χ4v) is 2.08. The fraction of sp³-hybridized carbons (Fsp3) is 0.182. The van der Waals surface area contributed by atoms with Crippen molar-refractivity contribution in [2.24, 2.45) is 0 Å². The van der Waals surface area contributed by atoms with Crippen molar-refractivity contribution in [3.8, 4) is 5.75 Å². The van der Waals surface area contributed by atoms with Crippen LogP contribution in [0.15, 0.2) is 72.8 Å². The lowest BCUT2D eigenvalue weighted by Gasteiger charge is -2.07. The normalized spacial score (nSPS) is 10.5. The third kappa shape index (κ3) is 6.40. The van der Waals surface area contributed by atoms with Crippen molar-refractivity contribution in [1.29, 1.82) is 0 Å². The third-order valence-electron chi connectivity index (χ3n) is 3.50. The van der Waals surface area contributed by atoms with Crippen LogP contribution in [0.2, 0.25) is 0 Å². The van der Waals surface area contributed by atoms with Crippen LogP contribution >= 0.6 is 0 Å². The minimum absolute atomic E-state index is 0.0322. The van der Waals surface area contributed by atoms with Crippen molar-refractivity contribution in [2.75, 3.05) is 13.2 Å². The number of benzene rings is 2. The summed E-state index contributed by atoms with van der Waals surface area (Å²) in [6.07, 6.45) is 3.93. The summed E-state index contributed by atoms with van der Waals surface area (Å²) in [5, 5.41) is 0. The molecule has 0 aliphatic rings. The summed E-state index contributed by atoms with van der Waals surface area (Å²) in [6, 6.07) is 16.6. The standard InChI is InChI=1S/C22H22O4/c1-17(2)22(24)26-16-6-15-25-20-12-9-18(10-13-20)11-14-21(23)19-7-4-3-5-8-19/h3-5,7-14H,1,6,15-16H2,2H3/b14-11+. The Hall–Kier alpha value is -3.14. The Morgan fingerprint density at radius 3 is 2.35 bits per heavy atom. The molecule has 0 amide bonds. The molecule has 2 rings (SSSR count). The molecule has 0 spiro atoms. The van der Waals surface area contributed by atoms with Gasteiger partial charge in [0.1, 0.15) is 5.75 Å². The maximum absolute atomic E-state index is 12.0. The fourth-order valence-electron chi connectivity index (χ4n) is 2.08. The Kier molecular flexibility index (Phi) is 7.37. The average Bonchev–Trinajstić information content (AvgIpc) is 2.67. The number of esters is 1. The summed E-state index contributed by atoms with van der Waals surface area (Å²) in [4.78, 5) is 23.2. The lowest BCUT2D eigenvalue weighted by atomic mass is 10.1. The molecule has 26 heavy (non-hydrogen) atoms. The number of ether oxygens (including phenoxy) is 2. The molecule has 0 bridgehead atoms. The minimum Gasteiger partial charge on any atom is -0.493 e. The Labute approximate surface area is 153 Å². The van der Waals surface area contributed by atoms with Gasteiger partial charge in [0.05, 0.1) is 13.2 Å². The maximum Gasteiger partial charge on any atom is 0.333 e. The monoisotopic (exact) mass is 350 g/mol. The van der Waals surface area contributed by atoms with Crippen molar-refractivity contribution in [1.82, 2.24) is 0 Å². The van der Waals surface area contributed by atoms with Crippen LogP contribution in [-0.2, 0) is 9.53 Å². The first-order valence-electron chi connectivity index (χ1n) is 8.39. The Morgan fingerprint density at radius 2 is 1.69 bits per heavy atom. The largest absolute Gasteiger partial charge is 0.493 e. The van der Waals surface area contributed by atoms with Crippen LogP contribution < -0.4 is 4.74 Å². The van der Waals surface area contributed by atoms with Crippen LogP contribution in [0.3, 0.4) is 0 Å². The smallest absolute Gasteiger partial charge is 0.333 e. The zero-order valence-electron chi connectivity index (χ0n) is 14.8. The molecule has 0 unspecified atom stereocenters. The molecule has 0 radical (unpaired) electrons. The molecule has 0 saturated heterocycles. The molecule has 0 aliphatic carbocycles. The van der Waals surface area contributed by atoms with E-state index in [1.54, 1.807) is 31.2 Å². The van der Waals surface area contributed by atoms with E-state index in [1.165, 1.54) is 0 Å². The summed E-state index contributed by atoms with van der Waals surface area (Å²) in [6.45, 7) is 5.88. The lowest BCUT2D eigenvalue weighted by molar-refractivity contribution is -0.139. The van der Waals surface area contributed by atoms with Crippen LogP contribution in [-0.4, -0.2) is 25.0 Å². The number of hydrogen-bond donors (Lipinski definition) is 0. The second-order valence-corrected chi connectivity index (χ2v) is 5.75. The van der Waals surface area contributed by atoms with E-state index in [4.69, 9.17) is 9.47 Å². The Bertz CT molecular complexity index is 774. The quantitative estimate of drug-likeness (QED) is 0.290. The summed E-state index contributed by atoms with van der Waals surface area (Å²) in [5.74, 6) is 0.309. The van der Waals surface area contributed by atoms with Gasteiger partial charge in [-0.25, -0.2) is 4.79 Å². The topological polar surface area (TPSA) is 52.6 Å². The average molecular weight is 350 g/mol. The summed E-state index contributed by atoms with van der Waals surface area (Å²) >= 11 is 0. The summed E-state index contributed by atoms with van der Waals surface area (Å²) < 4.78 is 10.6. The van der Waals surface area contributed by atoms with Crippen LogP contribution in [0.1, 0.15) is 29.3 Å². The van der Waals surface area contributed by atoms with Gasteiger partial charge >= 0.3 is 5.97 Å². The van der Waals surface area contributed by atoms with Gasteiger partial charge in [-0.1, -0.05) is 55.1 Å². The van der Waals surface area contributed by atoms with E-state index < -0.39 is 0 Å². The molecule has 0 heterocycles. The molecule has 4 nitrogen and oxygen atoms in total. The highest BCUT2D eigenvalue weighted by molar-refractivity contribution is 6.06. The molecule has 0 fully saturated rings. The first kappa shape index (κ1) is 19.2. The van der Waals surface area contributed by atoms with Gasteiger partial charge in [0.15, 0.2) is 5.78 Å². The van der Waals surface area contributed by atoms with E-state index in [1.807, 2.05) is 42.5 Å². The van der Waals surface area contributed by atoms with Gasteiger partial charge < -0.3 is 9.47 Å². The molecule has 0 atom stereocenters. The van der Waals surface area contributed by atoms with E-state index in [2.05, 4.69) is 6.58 Å². The molecule has 2 aromatic rings. The van der Waals surface area contributed by atoms with E-state index >= 15 is 0 Å². The number of hydrogen-bond acceptors (Lipinski definition) is 4. The van der Waals surface area contributed by atoms with Crippen LogP contribution in [0, 0.1) is 0 Å². The number of ketones is 1. The minimum atomic E-state index is -0.383. The molecule has 4 heteroatoms. The van der Waals surface area contributed by atoms with Crippen LogP contribution in [0.4, 0.5) is 0 Å². The van der Waals surface area contributed by atoms with Crippen molar-refractivity contribution in [3.63, 3.8) is 0 Å². The molecular weight excluding hydrogens is 328 g/mol. The van der Waals surface area contributed by atoms with Crippen LogP contribution in [0.5, 0.6) is 5.75 Å². The van der Waals surface area contributed by atoms with Crippen LogP contribution in [0.25, 0.3) is 6.08 Å². The predicted octanol–water partition coefficient (Wildman–Crippen LogP) is 4.47. The van der Waals surface area contributed by atoms with Crippen molar-refractivity contribution in [3.05, 3.63) is 84.0 Å². The summed E-state index contributed by atoms with van der Waals surface area (Å²) in [7, 11) is 0. The molecule has 2 aromatic carbocycles. The van der Waals surface area contributed by atoms with E-state index in [0.717, 1.165) is 11.3 Å². The number of carbonyl (C=O) groups is 2. The molecule has 0 saturated carbocycles. The zero-order valence-corrected chi connectivity index (χ0v) is 14.8. The molecule has 0 aliphatic heterocycles. The van der Waals surface area contributed by atoms with E-state index in [0.29, 0.717) is 30.8 Å².